The number of hydrogen-bond acceptors (Lipinski definition) is 5. The number of carbonyl (C=O) groups is 2. The number of nitrogens with one attached hydrogen (secondary N) is 1. The summed E-state index contributed by atoms with van der Waals surface area (Å²) in [6.45, 7) is 2.08. The molecule has 6 heteroatoms. The summed E-state index contributed by atoms with van der Waals surface area (Å²) in [4.78, 5) is 22.8. The Kier molecular flexibility index (Phi) is 6.38. The van der Waals surface area contributed by atoms with Gasteiger partial charge in [0.2, 0.25) is 0 Å². The van der Waals surface area contributed by atoms with E-state index in [2.05, 4.69) is 5.32 Å². The second-order valence-electron chi connectivity index (χ2n) is 3.50. The van der Waals surface area contributed by atoms with Crippen LogP contribution in [0.2, 0.25) is 0 Å². The van der Waals surface area contributed by atoms with E-state index in [4.69, 9.17) is 14.2 Å². The van der Waals surface area contributed by atoms with Gasteiger partial charge in [0.15, 0.2) is 13.4 Å². The van der Waals surface area contributed by atoms with E-state index in [1.165, 1.54) is 7.05 Å². The predicted molar refractivity (Wildman–Crippen MR) is 67.9 cm³/mol. The lowest BCUT2D eigenvalue weighted by atomic mass is 10.2. The number of benzene rings is 1. The van der Waals surface area contributed by atoms with Crippen molar-refractivity contribution in [2.45, 2.75) is 6.92 Å². The minimum Gasteiger partial charge on any atom is -0.467 e. The molecule has 6 nitrogen and oxygen atoms in total. The van der Waals surface area contributed by atoms with Crippen LogP contribution in [0.25, 0.3) is 0 Å². The summed E-state index contributed by atoms with van der Waals surface area (Å²) in [5, 5.41) is 2.36. The molecular formula is C13H17NO5. The van der Waals surface area contributed by atoms with Crippen LogP contribution in [0, 0.1) is 0 Å². The third kappa shape index (κ3) is 4.97. The molecule has 1 aromatic rings. The van der Waals surface area contributed by atoms with Crippen LogP contribution >= 0.6 is 0 Å². The average Bonchev–Trinajstić information content (AvgIpc) is 2.45. The van der Waals surface area contributed by atoms with Gasteiger partial charge in [0, 0.05) is 13.7 Å². The van der Waals surface area contributed by atoms with Gasteiger partial charge in [-0.3, -0.25) is 4.79 Å². The smallest absolute Gasteiger partial charge is 0.342 e. The molecule has 19 heavy (non-hydrogen) atoms. The number of hydrogen-bond donors (Lipinski definition) is 1. The van der Waals surface area contributed by atoms with Gasteiger partial charge in [-0.1, -0.05) is 12.1 Å². The molecule has 0 saturated heterocycles. The molecule has 0 bridgehead atoms. The number of ether oxygens (including phenoxy) is 3. The maximum absolute atomic E-state index is 11.8. The van der Waals surface area contributed by atoms with Crippen LogP contribution in [0.5, 0.6) is 5.75 Å². The largest absolute Gasteiger partial charge is 0.467 e. The highest BCUT2D eigenvalue weighted by Crippen LogP contribution is 2.18. The van der Waals surface area contributed by atoms with Crippen LogP contribution in [0.3, 0.4) is 0 Å². The van der Waals surface area contributed by atoms with Crippen molar-refractivity contribution in [3.63, 3.8) is 0 Å². The molecule has 0 saturated carbocycles. The Balaban J connectivity index is 2.65. The Hall–Kier alpha value is -2.08. The number of amides is 1. The minimum atomic E-state index is -0.615. The van der Waals surface area contributed by atoms with Crippen molar-refractivity contribution in [2.24, 2.45) is 0 Å². The number of esters is 1. The fraction of sp³-hybridized carbons (Fsp3) is 0.385. The van der Waals surface area contributed by atoms with E-state index in [-0.39, 0.29) is 24.9 Å². The first kappa shape index (κ1) is 15.0. The van der Waals surface area contributed by atoms with Crippen LogP contribution in [0.4, 0.5) is 0 Å². The number of carbonyl (C=O) groups excluding carboxylic acids is 2. The monoisotopic (exact) mass is 267 g/mol. The van der Waals surface area contributed by atoms with E-state index < -0.39 is 5.97 Å². The molecule has 0 spiro atoms. The molecule has 0 fully saturated rings. The van der Waals surface area contributed by atoms with Crippen molar-refractivity contribution >= 4 is 11.9 Å². The SMILES string of the molecule is CCOCOc1ccccc1C(=O)OCC(=O)NC. The van der Waals surface area contributed by atoms with Gasteiger partial charge in [0.05, 0.1) is 0 Å². The average molecular weight is 267 g/mol. The summed E-state index contributed by atoms with van der Waals surface area (Å²) in [7, 11) is 1.47. The molecule has 1 aromatic carbocycles. The van der Waals surface area contributed by atoms with Gasteiger partial charge in [-0.25, -0.2) is 4.79 Å². The molecule has 0 heterocycles. The Morgan fingerprint density at radius 1 is 1.26 bits per heavy atom. The molecule has 0 atom stereocenters. The van der Waals surface area contributed by atoms with E-state index in [0.29, 0.717) is 12.4 Å². The quantitative estimate of drug-likeness (QED) is 0.452. The first-order valence-corrected chi connectivity index (χ1v) is 5.86. The molecule has 104 valence electrons. The zero-order chi connectivity index (χ0) is 14.1. The summed E-state index contributed by atoms with van der Waals surface area (Å²) < 4.78 is 15.2. The van der Waals surface area contributed by atoms with Crippen LogP contribution < -0.4 is 10.1 Å². The van der Waals surface area contributed by atoms with Gasteiger partial charge >= 0.3 is 5.97 Å². The number of likely N-dealkylation sites (N-methyl/N-ethyl adjacent to an activating group) is 1. The van der Waals surface area contributed by atoms with Crippen molar-refractivity contribution in [1.29, 1.82) is 0 Å². The van der Waals surface area contributed by atoms with Crippen molar-refractivity contribution in [3.05, 3.63) is 29.8 Å². The fourth-order valence-corrected chi connectivity index (χ4v) is 1.23. The van der Waals surface area contributed by atoms with Crippen molar-refractivity contribution in [2.75, 3.05) is 27.1 Å². The van der Waals surface area contributed by atoms with Crippen LogP contribution in [0.1, 0.15) is 17.3 Å². The summed E-state index contributed by atoms with van der Waals surface area (Å²) in [6, 6.07) is 6.61. The highest BCUT2D eigenvalue weighted by Gasteiger charge is 2.14. The second kappa shape index (κ2) is 8.10. The molecule has 0 aliphatic heterocycles. The maximum Gasteiger partial charge on any atom is 0.342 e. The highest BCUT2D eigenvalue weighted by molar-refractivity contribution is 5.93. The standard InChI is InChI=1S/C13H17NO5/c1-3-17-9-19-11-7-5-4-6-10(11)13(16)18-8-12(15)14-2/h4-7H,3,8-9H2,1-2H3,(H,14,15). The zero-order valence-electron chi connectivity index (χ0n) is 11.0. The first-order valence-electron chi connectivity index (χ1n) is 5.86. The maximum atomic E-state index is 11.8. The molecule has 0 aromatic heterocycles. The highest BCUT2D eigenvalue weighted by atomic mass is 16.7. The Morgan fingerprint density at radius 2 is 2.00 bits per heavy atom. The van der Waals surface area contributed by atoms with Crippen LogP contribution in [-0.4, -0.2) is 38.9 Å². The van der Waals surface area contributed by atoms with Crippen LogP contribution in [-0.2, 0) is 14.3 Å². The van der Waals surface area contributed by atoms with Gasteiger partial charge in [-0.05, 0) is 19.1 Å². The summed E-state index contributed by atoms with van der Waals surface area (Å²) in [5.41, 5.74) is 0.256. The normalized spacial score (nSPS) is 9.79. The van der Waals surface area contributed by atoms with Gasteiger partial charge in [-0.2, -0.15) is 0 Å². The lowest BCUT2D eigenvalue weighted by molar-refractivity contribution is -0.123. The summed E-state index contributed by atoms with van der Waals surface area (Å²) in [6.07, 6.45) is 0. The number of para-hydroxylation sites is 1. The third-order valence-corrected chi connectivity index (χ3v) is 2.22. The topological polar surface area (TPSA) is 73.9 Å². The van der Waals surface area contributed by atoms with Crippen molar-refractivity contribution in [3.8, 4) is 5.75 Å². The molecule has 1 amide bonds. The van der Waals surface area contributed by atoms with Gasteiger partial charge in [0.1, 0.15) is 11.3 Å². The van der Waals surface area contributed by atoms with E-state index in [1.807, 2.05) is 6.92 Å². The lowest BCUT2D eigenvalue weighted by Gasteiger charge is -2.10. The summed E-state index contributed by atoms with van der Waals surface area (Å²) >= 11 is 0. The molecule has 1 N–H and O–H groups in total. The van der Waals surface area contributed by atoms with Crippen LogP contribution in [0.15, 0.2) is 24.3 Å². The molecule has 0 unspecified atom stereocenters. The van der Waals surface area contributed by atoms with E-state index in [9.17, 15) is 9.59 Å². The van der Waals surface area contributed by atoms with E-state index in [0.717, 1.165) is 0 Å². The Bertz CT molecular complexity index is 433. The van der Waals surface area contributed by atoms with E-state index in [1.54, 1.807) is 24.3 Å². The fourth-order valence-electron chi connectivity index (χ4n) is 1.23. The lowest BCUT2D eigenvalue weighted by Crippen LogP contribution is -2.25. The summed E-state index contributed by atoms with van der Waals surface area (Å²) in [5.74, 6) is -0.630. The van der Waals surface area contributed by atoms with E-state index >= 15 is 0 Å². The van der Waals surface area contributed by atoms with Gasteiger partial charge < -0.3 is 19.5 Å². The molecular weight excluding hydrogens is 250 g/mol. The third-order valence-electron chi connectivity index (χ3n) is 2.22. The Morgan fingerprint density at radius 3 is 2.68 bits per heavy atom. The molecule has 0 aliphatic carbocycles. The van der Waals surface area contributed by atoms with Crippen molar-refractivity contribution in [1.82, 2.24) is 5.32 Å². The zero-order valence-corrected chi connectivity index (χ0v) is 11.0. The second-order valence-corrected chi connectivity index (χ2v) is 3.50. The number of rotatable bonds is 7. The minimum absolute atomic E-state index is 0.0518. The first-order chi connectivity index (χ1) is 9.19. The van der Waals surface area contributed by atoms with Gasteiger partial charge in [-0.15, -0.1) is 0 Å². The Labute approximate surface area is 111 Å². The molecule has 0 aliphatic rings. The van der Waals surface area contributed by atoms with Crippen molar-refractivity contribution < 1.29 is 23.8 Å². The molecule has 0 radical (unpaired) electrons. The predicted octanol–water partition coefficient (Wildman–Crippen LogP) is 0.962. The molecule has 1 rings (SSSR count). The van der Waals surface area contributed by atoms with Gasteiger partial charge in [0.25, 0.3) is 5.91 Å².